The number of rotatable bonds is 7. The molecule has 0 atom stereocenters. The molecule has 7 heteroatoms. The molecule has 0 aliphatic heterocycles. The highest BCUT2D eigenvalue weighted by atomic mass is 16.5. The van der Waals surface area contributed by atoms with Gasteiger partial charge in [0.1, 0.15) is 11.4 Å². The lowest BCUT2D eigenvalue weighted by Crippen LogP contribution is -2.16. The van der Waals surface area contributed by atoms with Gasteiger partial charge in [-0.1, -0.05) is 12.1 Å². The molecule has 0 bridgehead atoms. The summed E-state index contributed by atoms with van der Waals surface area (Å²) in [4.78, 5) is 28.6. The highest BCUT2D eigenvalue weighted by Gasteiger charge is 2.15. The molecule has 3 aromatic rings. The van der Waals surface area contributed by atoms with E-state index in [2.05, 4.69) is 15.6 Å². The summed E-state index contributed by atoms with van der Waals surface area (Å²) in [5, 5.41) is 5.93. The zero-order chi connectivity index (χ0) is 20.6. The lowest BCUT2D eigenvalue weighted by Gasteiger charge is -2.11. The van der Waals surface area contributed by atoms with E-state index in [4.69, 9.17) is 9.47 Å². The first-order valence-electron chi connectivity index (χ1n) is 9.05. The maximum Gasteiger partial charge on any atom is 0.339 e. The van der Waals surface area contributed by atoms with Crippen molar-refractivity contribution in [1.82, 2.24) is 4.98 Å². The number of ether oxygens (including phenoxy) is 2. The van der Waals surface area contributed by atoms with Crippen LogP contribution in [0.15, 0.2) is 66.9 Å². The number of aromatic nitrogens is 1. The van der Waals surface area contributed by atoms with Gasteiger partial charge in [-0.05, 0) is 55.5 Å². The first kappa shape index (κ1) is 19.9. The number of nitrogens with zero attached hydrogens (tertiary/aromatic N) is 1. The van der Waals surface area contributed by atoms with Crippen LogP contribution in [-0.2, 0) is 4.74 Å². The summed E-state index contributed by atoms with van der Waals surface area (Å²) < 4.78 is 10.2. The monoisotopic (exact) mass is 391 g/mol. The Hall–Kier alpha value is -3.87. The summed E-state index contributed by atoms with van der Waals surface area (Å²) in [6.45, 7) is 2.54. The van der Waals surface area contributed by atoms with Crippen molar-refractivity contribution in [2.45, 2.75) is 6.92 Å². The minimum absolute atomic E-state index is 0.209. The van der Waals surface area contributed by atoms with Gasteiger partial charge in [0.2, 0.25) is 0 Å². The van der Waals surface area contributed by atoms with Crippen molar-refractivity contribution in [2.75, 3.05) is 24.4 Å². The number of pyridine rings is 1. The van der Waals surface area contributed by atoms with Crippen LogP contribution in [0.3, 0.4) is 0 Å². The second-order valence-electron chi connectivity index (χ2n) is 6.00. The number of nitrogens with one attached hydrogen (secondary N) is 2. The molecule has 0 saturated heterocycles. The van der Waals surface area contributed by atoms with Crippen LogP contribution in [0.2, 0.25) is 0 Å². The van der Waals surface area contributed by atoms with Crippen LogP contribution >= 0.6 is 0 Å². The first-order chi connectivity index (χ1) is 14.1. The Morgan fingerprint density at radius 3 is 2.48 bits per heavy atom. The number of hydrogen-bond acceptors (Lipinski definition) is 6. The Morgan fingerprint density at radius 2 is 1.76 bits per heavy atom. The van der Waals surface area contributed by atoms with Crippen LogP contribution in [-0.4, -0.2) is 30.6 Å². The highest BCUT2D eigenvalue weighted by Crippen LogP contribution is 2.21. The summed E-state index contributed by atoms with van der Waals surface area (Å²) in [5.41, 5.74) is 2.39. The third-order valence-corrected chi connectivity index (χ3v) is 4.03. The van der Waals surface area contributed by atoms with E-state index in [1.54, 1.807) is 36.4 Å². The van der Waals surface area contributed by atoms with Crippen molar-refractivity contribution in [1.29, 1.82) is 0 Å². The second-order valence-corrected chi connectivity index (χ2v) is 6.00. The van der Waals surface area contributed by atoms with Crippen molar-refractivity contribution >= 4 is 28.9 Å². The van der Waals surface area contributed by atoms with Gasteiger partial charge in [0.25, 0.3) is 5.91 Å². The fourth-order valence-corrected chi connectivity index (χ4v) is 2.67. The molecule has 7 nitrogen and oxygen atoms in total. The number of hydrogen-bond donors (Lipinski definition) is 2. The summed E-state index contributed by atoms with van der Waals surface area (Å²) in [5.74, 6) is -0.173. The molecule has 0 saturated carbocycles. The molecule has 0 radical (unpaired) electrons. The molecule has 1 heterocycles. The summed E-state index contributed by atoms with van der Waals surface area (Å²) in [6.07, 6.45) is 1.54. The van der Waals surface area contributed by atoms with Gasteiger partial charge in [-0.25, -0.2) is 4.79 Å². The van der Waals surface area contributed by atoms with E-state index < -0.39 is 11.9 Å². The van der Waals surface area contributed by atoms with Gasteiger partial charge in [-0.15, -0.1) is 0 Å². The van der Waals surface area contributed by atoms with Crippen molar-refractivity contribution < 1.29 is 19.1 Å². The molecule has 1 amide bonds. The lowest BCUT2D eigenvalue weighted by molar-refractivity contribution is 0.0602. The van der Waals surface area contributed by atoms with E-state index in [0.29, 0.717) is 18.0 Å². The van der Waals surface area contributed by atoms with E-state index in [1.807, 2.05) is 31.2 Å². The molecule has 0 aliphatic rings. The minimum atomic E-state index is -0.528. The molecule has 0 unspecified atom stereocenters. The molecule has 29 heavy (non-hydrogen) atoms. The molecule has 3 rings (SSSR count). The summed E-state index contributed by atoms with van der Waals surface area (Å²) in [6, 6.07) is 17.5. The Kier molecular flexibility index (Phi) is 6.42. The van der Waals surface area contributed by atoms with Gasteiger partial charge in [0.05, 0.1) is 25.0 Å². The largest absolute Gasteiger partial charge is 0.494 e. The SMILES string of the molecule is CCOc1ccc(Nc2ccnc(C(=O)Nc3ccccc3C(=O)OC)c2)cc1. The standard InChI is InChI=1S/C22H21N3O4/c1-3-29-17-10-8-15(9-11-17)24-16-12-13-23-20(14-16)21(26)25-19-7-5-4-6-18(19)22(27)28-2/h4-14H,3H2,1-2H3,(H,23,24)(H,25,26). The second kappa shape index (κ2) is 9.36. The number of amides is 1. The molecular formula is C22H21N3O4. The summed E-state index contributed by atoms with van der Waals surface area (Å²) >= 11 is 0. The Bertz CT molecular complexity index is 1000. The van der Waals surface area contributed by atoms with E-state index in [9.17, 15) is 9.59 Å². The number of carbonyl (C=O) groups excluding carboxylic acids is 2. The number of anilines is 3. The Balaban J connectivity index is 1.74. The molecule has 2 aromatic carbocycles. The molecule has 148 valence electrons. The van der Waals surface area contributed by atoms with Gasteiger partial charge in [0.15, 0.2) is 0 Å². The molecule has 0 aliphatic carbocycles. The average molecular weight is 391 g/mol. The Labute approximate surface area is 168 Å². The number of methoxy groups -OCH3 is 1. The molecule has 0 spiro atoms. The third-order valence-electron chi connectivity index (χ3n) is 4.03. The normalized spacial score (nSPS) is 10.1. The fourth-order valence-electron chi connectivity index (χ4n) is 2.67. The van der Waals surface area contributed by atoms with Crippen LogP contribution < -0.4 is 15.4 Å². The van der Waals surface area contributed by atoms with E-state index in [0.717, 1.165) is 11.4 Å². The molecule has 2 N–H and O–H groups in total. The smallest absolute Gasteiger partial charge is 0.339 e. The minimum Gasteiger partial charge on any atom is -0.494 e. The quantitative estimate of drug-likeness (QED) is 0.585. The van der Waals surface area contributed by atoms with E-state index in [-0.39, 0.29) is 11.3 Å². The average Bonchev–Trinajstić information content (AvgIpc) is 2.75. The van der Waals surface area contributed by atoms with Crippen molar-refractivity contribution in [2.24, 2.45) is 0 Å². The Morgan fingerprint density at radius 1 is 1.00 bits per heavy atom. The number of esters is 1. The number of benzene rings is 2. The molecule has 1 aromatic heterocycles. The van der Waals surface area contributed by atoms with Gasteiger partial charge >= 0.3 is 5.97 Å². The van der Waals surface area contributed by atoms with Gasteiger partial charge in [0, 0.05) is 17.6 Å². The van der Waals surface area contributed by atoms with E-state index >= 15 is 0 Å². The lowest BCUT2D eigenvalue weighted by atomic mass is 10.1. The topological polar surface area (TPSA) is 89.5 Å². The maximum absolute atomic E-state index is 12.6. The zero-order valence-corrected chi connectivity index (χ0v) is 16.1. The van der Waals surface area contributed by atoms with E-state index in [1.165, 1.54) is 13.3 Å². The number of para-hydroxylation sites is 1. The molecule has 0 fully saturated rings. The van der Waals surface area contributed by atoms with Crippen molar-refractivity contribution in [3.05, 3.63) is 78.1 Å². The maximum atomic E-state index is 12.6. The van der Waals surface area contributed by atoms with Crippen molar-refractivity contribution in [3.63, 3.8) is 0 Å². The first-order valence-corrected chi connectivity index (χ1v) is 9.05. The van der Waals surface area contributed by atoms with Crippen LogP contribution in [0.25, 0.3) is 0 Å². The van der Waals surface area contributed by atoms with Gasteiger partial charge in [-0.3, -0.25) is 9.78 Å². The zero-order valence-electron chi connectivity index (χ0n) is 16.1. The van der Waals surface area contributed by atoms with Crippen LogP contribution in [0, 0.1) is 0 Å². The summed E-state index contributed by atoms with van der Waals surface area (Å²) in [7, 11) is 1.29. The predicted octanol–water partition coefficient (Wildman–Crippen LogP) is 4.26. The number of carbonyl (C=O) groups is 2. The van der Waals surface area contributed by atoms with Gasteiger partial charge < -0.3 is 20.1 Å². The van der Waals surface area contributed by atoms with Crippen LogP contribution in [0.4, 0.5) is 17.1 Å². The predicted molar refractivity (Wildman–Crippen MR) is 111 cm³/mol. The highest BCUT2D eigenvalue weighted by molar-refractivity contribution is 6.07. The molecular weight excluding hydrogens is 370 g/mol. The van der Waals surface area contributed by atoms with Crippen molar-refractivity contribution in [3.8, 4) is 5.75 Å². The van der Waals surface area contributed by atoms with Gasteiger partial charge in [-0.2, -0.15) is 0 Å². The fraction of sp³-hybridized carbons (Fsp3) is 0.136. The third kappa shape index (κ3) is 5.10. The van der Waals surface area contributed by atoms with Crippen LogP contribution in [0.1, 0.15) is 27.8 Å². The van der Waals surface area contributed by atoms with Crippen LogP contribution in [0.5, 0.6) is 5.75 Å².